The Morgan fingerprint density at radius 1 is 1.12 bits per heavy atom. The van der Waals surface area contributed by atoms with Crippen LogP contribution in [0.3, 0.4) is 0 Å². The number of ether oxygens (including phenoxy) is 2. The van der Waals surface area contributed by atoms with Crippen molar-refractivity contribution in [2.24, 2.45) is 35.0 Å². The van der Waals surface area contributed by atoms with Gasteiger partial charge >= 0.3 is 6.09 Å². The van der Waals surface area contributed by atoms with E-state index in [1.54, 1.807) is 11.1 Å². The number of likely N-dealkylation sites (tertiary alicyclic amines) is 1. The number of aliphatic hydroxyl groups is 1. The Morgan fingerprint density at radius 2 is 1.95 bits per heavy atom. The summed E-state index contributed by atoms with van der Waals surface area (Å²) in [5.41, 5.74) is 4.58. The Morgan fingerprint density at radius 3 is 2.77 bits per heavy atom. The molecule has 1 amide bonds. The summed E-state index contributed by atoms with van der Waals surface area (Å²) >= 11 is 0. The van der Waals surface area contributed by atoms with Crippen LogP contribution in [0.4, 0.5) is 4.79 Å². The fourth-order valence-electron chi connectivity index (χ4n) is 10.8. The first-order valence-corrected chi connectivity index (χ1v) is 16.3. The predicted molar refractivity (Wildman–Crippen MR) is 155 cm³/mol. The third-order valence-corrected chi connectivity index (χ3v) is 12.9. The molecule has 2 heterocycles. The molecule has 5 nitrogen and oxygen atoms in total. The molecular weight excluding hydrogens is 498 g/mol. The molecular formula is C35H49NO4. The maximum absolute atomic E-state index is 13.4. The molecule has 40 heavy (non-hydrogen) atoms. The molecule has 218 valence electrons. The number of carbonyl (C=O) groups excluding carboxylic acids is 1. The summed E-state index contributed by atoms with van der Waals surface area (Å²) in [7, 11) is 0. The summed E-state index contributed by atoms with van der Waals surface area (Å²) in [4.78, 5) is 15.4. The van der Waals surface area contributed by atoms with E-state index in [4.69, 9.17) is 9.47 Å². The molecule has 1 aromatic rings. The molecule has 5 heteroatoms. The number of hydrogen-bond donors (Lipinski definition) is 1. The highest BCUT2D eigenvalue weighted by molar-refractivity contribution is 5.68. The number of nitrogens with zero attached hydrogens (tertiary/aromatic N) is 1. The van der Waals surface area contributed by atoms with E-state index < -0.39 is 0 Å². The zero-order chi connectivity index (χ0) is 27.6. The molecule has 7 rings (SSSR count). The first kappa shape index (κ1) is 27.0. The predicted octanol–water partition coefficient (Wildman–Crippen LogP) is 7.28. The van der Waals surface area contributed by atoms with Crippen LogP contribution >= 0.6 is 0 Å². The second kappa shape index (κ2) is 10.2. The number of carbonyl (C=O) groups is 1. The number of benzene rings is 1. The Bertz CT molecular complexity index is 1150. The van der Waals surface area contributed by atoms with Gasteiger partial charge in [0.15, 0.2) is 0 Å². The largest absolute Gasteiger partial charge is 0.445 e. The van der Waals surface area contributed by atoms with Gasteiger partial charge in [0, 0.05) is 12.5 Å². The van der Waals surface area contributed by atoms with Crippen molar-refractivity contribution < 1.29 is 19.4 Å². The first-order valence-electron chi connectivity index (χ1n) is 16.3. The monoisotopic (exact) mass is 547 g/mol. The van der Waals surface area contributed by atoms with Crippen molar-refractivity contribution in [3.8, 4) is 0 Å². The molecule has 2 saturated heterocycles. The number of allylic oxidation sites excluding steroid dienone is 1. The fourth-order valence-corrected chi connectivity index (χ4v) is 10.8. The van der Waals surface area contributed by atoms with Crippen molar-refractivity contribution >= 4 is 6.09 Å². The van der Waals surface area contributed by atoms with Crippen LogP contribution < -0.4 is 0 Å². The molecule has 1 unspecified atom stereocenters. The maximum Gasteiger partial charge on any atom is 0.410 e. The van der Waals surface area contributed by atoms with E-state index in [0.29, 0.717) is 29.8 Å². The average molecular weight is 548 g/mol. The van der Waals surface area contributed by atoms with Crippen LogP contribution in [-0.2, 0) is 16.1 Å². The van der Waals surface area contributed by atoms with E-state index in [2.05, 4.69) is 20.8 Å². The Hall–Kier alpha value is -1.85. The topological polar surface area (TPSA) is 59.0 Å². The maximum atomic E-state index is 13.4. The molecule has 1 spiro atoms. The first-order chi connectivity index (χ1) is 19.3. The molecule has 0 bridgehead atoms. The van der Waals surface area contributed by atoms with Crippen LogP contribution in [0, 0.1) is 35.0 Å². The smallest absolute Gasteiger partial charge is 0.410 e. The lowest BCUT2D eigenvalue weighted by atomic mass is 9.52. The van der Waals surface area contributed by atoms with Crippen molar-refractivity contribution in [2.75, 3.05) is 6.54 Å². The number of piperidine rings is 1. The van der Waals surface area contributed by atoms with Crippen LogP contribution in [0.1, 0.15) is 97.0 Å². The van der Waals surface area contributed by atoms with Crippen molar-refractivity contribution in [3.63, 3.8) is 0 Å². The minimum Gasteiger partial charge on any atom is -0.445 e. The van der Waals surface area contributed by atoms with Gasteiger partial charge in [0.1, 0.15) is 6.61 Å². The lowest BCUT2D eigenvalue weighted by molar-refractivity contribution is -0.0796. The van der Waals surface area contributed by atoms with Gasteiger partial charge in [-0.1, -0.05) is 55.3 Å². The molecule has 6 aliphatic rings. The van der Waals surface area contributed by atoms with E-state index >= 15 is 0 Å². The molecule has 1 N–H and O–H groups in total. The molecule has 5 fully saturated rings. The zero-order valence-corrected chi connectivity index (χ0v) is 24.8. The summed E-state index contributed by atoms with van der Waals surface area (Å²) < 4.78 is 12.9. The van der Waals surface area contributed by atoms with Gasteiger partial charge < -0.3 is 19.5 Å². The average Bonchev–Trinajstić information content (AvgIpc) is 3.43. The highest BCUT2D eigenvalue weighted by Crippen LogP contribution is 2.65. The molecule has 3 saturated carbocycles. The van der Waals surface area contributed by atoms with Crippen molar-refractivity contribution in [3.05, 3.63) is 47.0 Å². The summed E-state index contributed by atoms with van der Waals surface area (Å²) in [6.45, 7) is 8.42. The second-order valence-corrected chi connectivity index (χ2v) is 14.7. The fraction of sp³-hybridized carbons (Fsp3) is 0.743. The normalized spacial score (nSPS) is 44.5. The van der Waals surface area contributed by atoms with Gasteiger partial charge in [-0.15, -0.1) is 0 Å². The third kappa shape index (κ3) is 4.28. The van der Waals surface area contributed by atoms with Gasteiger partial charge in [-0.3, -0.25) is 0 Å². The van der Waals surface area contributed by atoms with Crippen LogP contribution in [-0.4, -0.2) is 46.5 Å². The van der Waals surface area contributed by atoms with E-state index in [-0.39, 0.29) is 29.9 Å². The quantitative estimate of drug-likeness (QED) is 0.396. The van der Waals surface area contributed by atoms with E-state index in [9.17, 15) is 9.90 Å². The third-order valence-electron chi connectivity index (χ3n) is 12.9. The Kier molecular flexibility index (Phi) is 6.86. The van der Waals surface area contributed by atoms with E-state index in [1.807, 2.05) is 35.2 Å². The Labute approximate surface area is 240 Å². The molecule has 1 aromatic carbocycles. The van der Waals surface area contributed by atoms with Gasteiger partial charge in [0.2, 0.25) is 0 Å². The zero-order valence-electron chi connectivity index (χ0n) is 24.8. The lowest BCUT2D eigenvalue weighted by Crippen LogP contribution is -2.52. The number of rotatable bonds is 2. The minimum atomic E-state index is -0.183. The van der Waals surface area contributed by atoms with Gasteiger partial charge in [-0.25, -0.2) is 4.79 Å². The summed E-state index contributed by atoms with van der Waals surface area (Å²) in [6.07, 6.45) is 12.3. The second-order valence-electron chi connectivity index (χ2n) is 14.7. The molecule has 2 aliphatic heterocycles. The SMILES string of the molecule is CC1=C2C[C@H]3[C@@H](CC[C@@H]4C[C@H](O)CC[C@@]43C)[C@@H]2CCC2(C1)O[C@@H]1CCCN(C(=O)OCc3ccccc3)[C@H]1[C@H]2C. The molecule has 10 atom stereocenters. The summed E-state index contributed by atoms with van der Waals surface area (Å²) in [6, 6.07) is 10.1. The van der Waals surface area contributed by atoms with E-state index in [0.717, 1.165) is 62.5 Å². The van der Waals surface area contributed by atoms with Gasteiger partial charge in [0.25, 0.3) is 0 Å². The lowest BCUT2D eigenvalue weighted by Gasteiger charge is -2.53. The number of amides is 1. The van der Waals surface area contributed by atoms with Crippen LogP contribution in [0.25, 0.3) is 0 Å². The highest BCUT2D eigenvalue weighted by Gasteiger charge is 2.60. The van der Waals surface area contributed by atoms with Crippen molar-refractivity contribution in [1.82, 2.24) is 4.90 Å². The van der Waals surface area contributed by atoms with E-state index in [1.165, 1.54) is 32.1 Å². The number of aliphatic hydroxyl groups excluding tert-OH is 1. The summed E-state index contributed by atoms with van der Waals surface area (Å²) in [5.74, 6) is 3.25. The number of fused-ring (bicyclic) bond motifs is 6. The standard InChI is InChI=1S/C35H49NO4/c1-22-20-35(16-14-27-28-12-11-25-18-26(37)13-15-34(25,3)30(28)19-29(22)27)23(2)32-31(40-35)10-7-17-36(32)33(38)39-21-24-8-5-4-6-9-24/h4-6,8-9,23,25-28,30-32,37H,7,10-21H2,1-3H3/t23-,25-,26-,27+,28+,30+,31-,32+,34+,35?/m1/s1. The van der Waals surface area contributed by atoms with Crippen molar-refractivity contribution in [1.29, 1.82) is 0 Å². The van der Waals surface area contributed by atoms with Gasteiger partial charge in [-0.2, -0.15) is 0 Å². The van der Waals surface area contributed by atoms with Crippen LogP contribution in [0.5, 0.6) is 0 Å². The van der Waals surface area contributed by atoms with Crippen LogP contribution in [0.2, 0.25) is 0 Å². The van der Waals surface area contributed by atoms with Gasteiger partial charge in [0.05, 0.1) is 23.9 Å². The van der Waals surface area contributed by atoms with Gasteiger partial charge in [-0.05, 0) is 112 Å². The molecule has 0 radical (unpaired) electrons. The van der Waals surface area contributed by atoms with Crippen LogP contribution in [0.15, 0.2) is 41.5 Å². The molecule has 4 aliphatic carbocycles. The Balaban J connectivity index is 1.09. The number of hydrogen-bond acceptors (Lipinski definition) is 4. The minimum absolute atomic E-state index is 0.0814. The van der Waals surface area contributed by atoms with Crippen molar-refractivity contribution in [2.45, 2.75) is 122 Å². The highest BCUT2D eigenvalue weighted by atomic mass is 16.6. The summed E-state index contributed by atoms with van der Waals surface area (Å²) in [5, 5.41) is 10.4. The molecule has 0 aromatic heterocycles.